The van der Waals surface area contributed by atoms with Crippen LogP contribution >= 0.6 is 0 Å². The number of hydrogen-bond acceptors (Lipinski definition) is 5. The summed E-state index contributed by atoms with van der Waals surface area (Å²) in [7, 11) is 1.16. The van der Waals surface area contributed by atoms with E-state index in [1.54, 1.807) is 0 Å². The number of rotatable bonds is 3. The average Bonchev–Trinajstić information content (AvgIpc) is 3.22. The Kier molecular flexibility index (Phi) is 3.83. The van der Waals surface area contributed by atoms with Gasteiger partial charge in [-0.05, 0) is 24.3 Å². The van der Waals surface area contributed by atoms with Crippen molar-refractivity contribution < 1.29 is 23.9 Å². The number of hydrogen-bond donors (Lipinski definition) is 0. The zero-order valence-electron chi connectivity index (χ0n) is 12.2. The summed E-state index contributed by atoms with van der Waals surface area (Å²) in [5.41, 5.74) is 0.879. The average molecular weight is 303 g/mol. The lowest BCUT2D eigenvalue weighted by molar-refractivity contribution is -0.164. The Morgan fingerprint density at radius 3 is 2.59 bits per heavy atom. The summed E-state index contributed by atoms with van der Waals surface area (Å²) in [6.45, 7) is 0.158. The van der Waals surface area contributed by atoms with Gasteiger partial charge >= 0.3 is 17.8 Å². The van der Waals surface area contributed by atoms with Crippen molar-refractivity contribution in [1.29, 1.82) is 0 Å². The van der Waals surface area contributed by atoms with E-state index < -0.39 is 23.9 Å². The molecule has 22 heavy (non-hydrogen) atoms. The molecule has 1 aromatic rings. The minimum absolute atomic E-state index is 0.0270. The highest BCUT2D eigenvalue weighted by Crippen LogP contribution is 2.48. The van der Waals surface area contributed by atoms with Gasteiger partial charge in [-0.1, -0.05) is 30.3 Å². The first-order valence-corrected chi connectivity index (χ1v) is 7.23. The highest BCUT2D eigenvalue weighted by atomic mass is 16.5. The number of benzene rings is 1. The van der Waals surface area contributed by atoms with Crippen LogP contribution in [0.2, 0.25) is 0 Å². The molecular formula is C16H17NO5. The van der Waals surface area contributed by atoms with Crippen LogP contribution in [0.1, 0.15) is 18.4 Å². The van der Waals surface area contributed by atoms with Gasteiger partial charge in [-0.3, -0.25) is 4.79 Å². The molecule has 1 saturated heterocycles. The van der Waals surface area contributed by atoms with E-state index in [0.717, 1.165) is 19.1 Å². The maximum absolute atomic E-state index is 12.2. The van der Waals surface area contributed by atoms with Crippen molar-refractivity contribution in [3.05, 3.63) is 35.9 Å². The number of ether oxygens (including phenoxy) is 2. The van der Waals surface area contributed by atoms with Gasteiger partial charge in [0.05, 0.1) is 7.11 Å². The van der Waals surface area contributed by atoms with Crippen LogP contribution in [-0.2, 0) is 30.5 Å². The van der Waals surface area contributed by atoms with Crippen molar-refractivity contribution in [2.45, 2.75) is 31.5 Å². The van der Waals surface area contributed by atoms with Gasteiger partial charge in [0.25, 0.3) is 0 Å². The Bertz CT molecular complexity index is 600. The number of fused-ring (bicyclic) bond motifs is 1. The molecule has 0 radical (unpaired) electrons. The van der Waals surface area contributed by atoms with Gasteiger partial charge in [-0.2, -0.15) is 0 Å². The lowest BCUT2D eigenvalue weighted by Crippen LogP contribution is -2.47. The summed E-state index contributed by atoms with van der Waals surface area (Å²) in [5.74, 6) is -1.86. The maximum atomic E-state index is 12.2. The second-order valence-corrected chi connectivity index (χ2v) is 5.61. The smallest absolute Gasteiger partial charge is 0.396 e. The van der Waals surface area contributed by atoms with Crippen molar-refractivity contribution in [2.75, 3.05) is 7.11 Å². The molecule has 1 aliphatic carbocycles. The predicted molar refractivity (Wildman–Crippen MR) is 75.4 cm³/mol. The van der Waals surface area contributed by atoms with Gasteiger partial charge in [0.1, 0.15) is 12.6 Å². The highest BCUT2D eigenvalue weighted by molar-refractivity contribution is 6.33. The summed E-state index contributed by atoms with van der Waals surface area (Å²) in [5, 5.41) is 0. The molecule has 6 nitrogen and oxygen atoms in total. The third-order valence-electron chi connectivity index (χ3n) is 4.19. The molecule has 1 aromatic carbocycles. The largest absolute Gasteiger partial charge is 0.462 e. The SMILES string of the molecule is COC(=O)C(=O)N1[C@@H]2C[C@@H]2C[C@H]1C(=O)OCc1ccccc1. The number of amides is 1. The van der Waals surface area contributed by atoms with Crippen LogP contribution in [0.5, 0.6) is 0 Å². The molecule has 2 fully saturated rings. The van der Waals surface area contributed by atoms with Crippen LogP contribution in [0.25, 0.3) is 0 Å². The molecule has 0 unspecified atom stereocenters. The number of piperidine rings is 1. The van der Waals surface area contributed by atoms with Crippen LogP contribution in [0, 0.1) is 5.92 Å². The Hall–Kier alpha value is -2.37. The van der Waals surface area contributed by atoms with E-state index >= 15 is 0 Å². The summed E-state index contributed by atoms with van der Waals surface area (Å²) in [4.78, 5) is 37.1. The minimum Gasteiger partial charge on any atom is -0.462 e. The van der Waals surface area contributed by atoms with E-state index in [9.17, 15) is 14.4 Å². The standard InChI is InChI=1S/C16H17NO5/c1-21-16(20)14(18)17-12-7-11(12)8-13(17)15(19)22-9-10-5-3-2-4-6-10/h2-6,11-13H,7-9H2,1H3/t11-,12-,13+/m1/s1. The number of esters is 2. The summed E-state index contributed by atoms with van der Waals surface area (Å²) < 4.78 is 9.76. The van der Waals surface area contributed by atoms with Crippen LogP contribution in [-0.4, -0.2) is 41.9 Å². The Labute approximate surface area is 128 Å². The molecule has 6 heteroatoms. The Morgan fingerprint density at radius 1 is 1.18 bits per heavy atom. The molecule has 2 aliphatic rings. The summed E-state index contributed by atoms with van der Waals surface area (Å²) in [6.07, 6.45) is 1.40. The third-order valence-corrected chi connectivity index (χ3v) is 4.19. The molecule has 1 saturated carbocycles. The van der Waals surface area contributed by atoms with Gasteiger partial charge in [-0.15, -0.1) is 0 Å². The minimum atomic E-state index is -0.937. The Balaban J connectivity index is 1.64. The van der Waals surface area contributed by atoms with E-state index in [4.69, 9.17) is 4.74 Å². The molecule has 1 heterocycles. The number of nitrogens with zero attached hydrogens (tertiary/aromatic N) is 1. The van der Waals surface area contributed by atoms with Crippen molar-refractivity contribution >= 4 is 17.8 Å². The molecular weight excluding hydrogens is 286 g/mol. The molecule has 3 atom stereocenters. The zero-order chi connectivity index (χ0) is 15.7. The zero-order valence-corrected chi connectivity index (χ0v) is 12.2. The highest BCUT2D eigenvalue weighted by Gasteiger charge is 2.57. The lowest BCUT2D eigenvalue weighted by atomic mass is 10.1. The molecule has 0 N–H and O–H groups in total. The first-order valence-electron chi connectivity index (χ1n) is 7.23. The normalized spacial score (nSPS) is 25.3. The molecule has 1 aliphatic heterocycles. The number of carbonyl (C=O) groups is 3. The predicted octanol–water partition coefficient (Wildman–Crippen LogP) is 0.892. The summed E-state index contributed by atoms with van der Waals surface area (Å²) >= 11 is 0. The van der Waals surface area contributed by atoms with Gasteiger partial charge in [0.2, 0.25) is 0 Å². The van der Waals surface area contributed by atoms with Crippen LogP contribution in [0.4, 0.5) is 0 Å². The van der Waals surface area contributed by atoms with Gasteiger partial charge in [0.15, 0.2) is 0 Å². The fraction of sp³-hybridized carbons (Fsp3) is 0.438. The molecule has 1 amide bonds. The van der Waals surface area contributed by atoms with E-state index in [1.165, 1.54) is 4.90 Å². The van der Waals surface area contributed by atoms with E-state index in [2.05, 4.69) is 4.74 Å². The molecule has 0 spiro atoms. The number of likely N-dealkylation sites (tertiary alicyclic amines) is 1. The maximum Gasteiger partial charge on any atom is 0.396 e. The number of carbonyl (C=O) groups excluding carboxylic acids is 3. The van der Waals surface area contributed by atoms with Gasteiger partial charge < -0.3 is 14.4 Å². The van der Waals surface area contributed by atoms with E-state index in [1.807, 2.05) is 30.3 Å². The topological polar surface area (TPSA) is 72.9 Å². The van der Waals surface area contributed by atoms with Crippen molar-refractivity contribution in [3.8, 4) is 0 Å². The van der Waals surface area contributed by atoms with Crippen molar-refractivity contribution in [3.63, 3.8) is 0 Å². The van der Waals surface area contributed by atoms with Crippen molar-refractivity contribution in [2.24, 2.45) is 5.92 Å². The fourth-order valence-corrected chi connectivity index (χ4v) is 2.98. The Morgan fingerprint density at radius 2 is 1.91 bits per heavy atom. The third kappa shape index (κ3) is 2.68. The van der Waals surface area contributed by atoms with Crippen LogP contribution in [0.3, 0.4) is 0 Å². The van der Waals surface area contributed by atoms with Crippen LogP contribution in [0.15, 0.2) is 30.3 Å². The number of methoxy groups -OCH3 is 1. The first kappa shape index (κ1) is 14.6. The molecule has 0 bridgehead atoms. The second kappa shape index (κ2) is 5.79. The second-order valence-electron chi connectivity index (χ2n) is 5.61. The van der Waals surface area contributed by atoms with Gasteiger partial charge in [-0.25, -0.2) is 9.59 Å². The molecule has 116 valence electrons. The summed E-state index contributed by atoms with van der Waals surface area (Å²) in [6, 6.07) is 8.61. The van der Waals surface area contributed by atoms with Crippen LogP contribution < -0.4 is 0 Å². The quantitative estimate of drug-likeness (QED) is 0.612. The molecule has 3 rings (SSSR count). The first-order chi connectivity index (χ1) is 10.6. The fourth-order valence-electron chi connectivity index (χ4n) is 2.98. The van der Waals surface area contributed by atoms with Gasteiger partial charge in [0, 0.05) is 6.04 Å². The van der Waals surface area contributed by atoms with E-state index in [-0.39, 0.29) is 12.6 Å². The van der Waals surface area contributed by atoms with E-state index in [0.29, 0.717) is 12.3 Å². The molecule has 0 aromatic heterocycles. The monoisotopic (exact) mass is 303 g/mol. The lowest BCUT2D eigenvalue weighted by Gasteiger charge is -2.24. The van der Waals surface area contributed by atoms with Crippen molar-refractivity contribution in [1.82, 2.24) is 4.90 Å².